The zero-order valence-electron chi connectivity index (χ0n) is 22.8. The van der Waals surface area contributed by atoms with Crippen LogP contribution in [0.25, 0.3) is 59.8 Å². The lowest BCUT2D eigenvalue weighted by Gasteiger charge is -2.25. The van der Waals surface area contributed by atoms with E-state index in [1.807, 2.05) is 12.4 Å². The van der Waals surface area contributed by atoms with E-state index in [4.69, 9.17) is 0 Å². The molecule has 3 nitrogen and oxygen atoms in total. The van der Waals surface area contributed by atoms with Crippen molar-refractivity contribution >= 4 is 71.2 Å². The quantitative estimate of drug-likeness (QED) is 0.209. The molecule has 0 fully saturated rings. The largest absolute Gasteiger partial charge is 0.311 e. The molecule has 0 unspecified atom stereocenters. The van der Waals surface area contributed by atoms with Crippen LogP contribution in [0.5, 0.6) is 0 Å². The first-order chi connectivity index (χ1) is 20.8. The van der Waals surface area contributed by atoms with Gasteiger partial charge in [-0.1, -0.05) is 78.9 Å². The van der Waals surface area contributed by atoms with Crippen molar-refractivity contribution in [2.75, 3.05) is 4.90 Å². The first-order valence-corrected chi connectivity index (χ1v) is 14.3. The maximum Gasteiger partial charge on any atom is 0.0724 e. The lowest BCUT2D eigenvalue weighted by Crippen LogP contribution is -2.09. The lowest BCUT2D eigenvalue weighted by molar-refractivity contribution is 1.16. The second kappa shape index (κ2) is 8.92. The van der Waals surface area contributed by atoms with E-state index < -0.39 is 0 Å². The van der Waals surface area contributed by atoms with Crippen LogP contribution in [0.3, 0.4) is 0 Å². The van der Waals surface area contributed by atoms with Crippen LogP contribution in [-0.2, 0) is 0 Å². The molecule has 7 aromatic carbocycles. The van der Waals surface area contributed by atoms with Crippen molar-refractivity contribution in [1.29, 1.82) is 0 Å². The smallest absolute Gasteiger partial charge is 0.0724 e. The van der Waals surface area contributed by atoms with E-state index in [1.54, 1.807) is 0 Å². The van der Waals surface area contributed by atoms with Gasteiger partial charge in [-0.15, -0.1) is 0 Å². The lowest BCUT2D eigenvalue weighted by atomic mass is 9.92. The predicted octanol–water partition coefficient (Wildman–Crippen LogP) is 10.5. The van der Waals surface area contributed by atoms with E-state index in [-0.39, 0.29) is 0 Å². The van der Waals surface area contributed by atoms with Gasteiger partial charge in [-0.3, -0.25) is 4.98 Å². The molecule has 0 amide bonds. The van der Waals surface area contributed by atoms with Gasteiger partial charge in [-0.2, -0.15) is 0 Å². The highest BCUT2D eigenvalue weighted by molar-refractivity contribution is 6.32. The van der Waals surface area contributed by atoms with Crippen LogP contribution in [0, 0.1) is 0 Å². The Balaban J connectivity index is 1.29. The molecule has 42 heavy (non-hydrogen) atoms. The first-order valence-electron chi connectivity index (χ1n) is 14.3. The summed E-state index contributed by atoms with van der Waals surface area (Å²) in [5.74, 6) is 0. The zero-order chi connectivity index (χ0) is 27.6. The Morgan fingerprint density at radius 2 is 1.10 bits per heavy atom. The number of pyridine rings is 1. The van der Waals surface area contributed by atoms with Crippen molar-refractivity contribution in [3.8, 4) is 5.69 Å². The van der Waals surface area contributed by atoms with E-state index in [0.717, 1.165) is 28.3 Å². The van der Waals surface area contributed by atoms with Gasteiger partial charge in [0.05, 0.1) is 17.2 Å². The molecule has 196 valence electrons. The fraction of sp³-hybridized carbons (Fsp3) is 0. The standard InChI is InChI=1S/C39H25N3/c1-3-10-29(11-4-1)41(30-12-5-2-6-13-30)31-17-19-32(20-18-31)42-35-24-28-15-14-26-8-7-9-27-16-21-34(38(28)37(26)27)39(35)33-22-23-40-25-36(33)42/h1-25H. The fourth-order valence-electron chi connectivity index (χ4n) is 6.79. The topological polar surface area (TPSA) is 21.1 Å². The molecule has 0 saturated carbocycles. The van der Waals surface area contributed by atoms with Crippen molar-refractivity contribution in [2.24, 2.45) is 0 Å². The van der Waals surface area contributed by atoms with Gasteiger partial charge in [0.25, 0.3) is 0 Å². The Bertz CT molecular complexity index is 2330. The third kappa shape index (κ3) is 3.31. The molecule has 9 rings (SSSR count). The molecule has 0 saturated heterocycles. The Kier molecular flexibility index (Phi) is 4.90. The van der Waals surface area contributed by atoms with Crippen LogP contribution in [0.4, 0.5) is 17.1 Å². The summed E-state index contributed by atoms with van der Waals surface area (Å²) in [6.45, 7) is 0. The minimum atomic E-state index is 1.11. The third-order valence-corrected chi connectivity index (χ3v) is 8.57. The first kappa shape index (κ1) is 23.1. The van der Waals surface area contributed by atoms with Gasteiger partial charge in [0.15, 0.2) is 0 Å². The van der Waals surface area contributed by atoms with Crippen LogP contribution >= 0.6 is 0 Å². The highest BCUT2D eigenvalue weighted by Gasteiger charge is 2.19. The SMILES string of the molecule is c1ccc(N(c2ccccc2)c2ccc(-n3c4cnccc4c4c5ccc6cccc7ccc(cc43)c5c76)cc2)cc1. The number of aromatic nitrogens is 2. The summed E-state index contributed by atoms with van der Waals surface area (Å²) >= 11 is 0. The summed E-state index contributed by atoms with van der Waals surface area (Å²) in [6.07, 6.45) is 3.90. The molecular weight excluding hydrogens is 510 g/mol. The Labute approximate surface area is 242 Å². The van der Waals surface area contributed by atoms with Crippen LogP contribution in [0.2, 0.25) is 0 Å². The number of rotatable bonds is 4. The van der Waals surface area contributed by atoms with Gasteiger partial charge >= 0.3 is 0 Å². The summed E-state index contributed by atoms with van der Waals surface area (Å²) in [5, 5.41) is 10.3. The molecule has 0 aliphatic carbocycles. The maximum atomic E-state index is 4.56. The molecule has 0 aliphatic heterocycles. The van der Waals surface area contributed by atoms with Crippen LogP contribution in [0.15, 0.2) is 152 Å². The molecule has 3 heteroatoms. The van der Waals surface area contributed by atoms with Crippen molar-refractivity contribution in [3.05, 3.63) is 152 Å². The van der Waals surface area contributed by atoms with Gasteiger partial charge in [-0.05, 0) is 93.0 Å². The van der Waals surface area contributed by atoms with Crippen LogP contribution < -0.4 is 4.90 Å². The van der Waals surface area contributed by atoms with Gasteiger partial charge in [0, 0.05) is 39.7 Å². The van der Waals surface area contributed by atoms with E-state index >= 15 is 0 Å². The number of benzene rings is 7. The van der Waals surface area contributed by atoms with Crippen molar-refractivity contribution < 1.29 is 0 Å². The third-order valence-electron chi connectivity index (χ3n) is 8.57. The van der Waals surface area contributed by atoms with E-state index in [9.17, 15) is 0 Å². The Morgan fingerprint density at radius 1 is 0.452 bits per heavy atom. The number of anilines is 3. The Morgan fingerprint density at radius 3 is 1.81 bits per heavy atom. The van der Waals surface area contributed by atoms with E-state index in [2.05, 4.69) is 154 Å². The number of hydrogen-bond acceptors (Lipinski definition) is 2. The summed E-state index contributed by atoms with van der Waals surface area (Å²) in [6, 6.07) is 50.1. The average molecular weight is 536 g/mol. The molecule has 9 aromatic rings. The van der Waals surface area contributed by atoms with Crippen LogP contribution in [-0.4, -0.2) is 9.55 Å². The molecule has 0 radical (unpaired) electrons. The van der Waals surface area contributed by atoms with E-state index in [0.29, 0.717) is 0 Å². The normalized spacial score (nSPS) is 11.8. The summed E-state index contributed by atoms with van der Waals surface area (Å²) in [5.41, 5.74) is 6.78. The average Bonchev–Trinajstić information content (AvgIpc) is 3.39. The Hall–Kier alpha value is -5.67. The second-order valence-corrected chi connectivity index (χ2v) is 10.9. The van der Waals surface area contributed by atoms with Gasteiger partial charge < -0.3 is 9.47 Å². The van der Waals surface area contributed by atoms with Crippen LogP contribution in [0.1, 0.15) is 0 Å². The predicted molar refractivity (Wildman–Crippen MR) is 177 cm³/mol. The summed E-state index contributed by atoms with van der Waals surface area (Å²) in [7, 11) is 0. The maximum absolute atomic E-state index is 4.56. The molecule has 0 spiro atoms. The number of fused-ring (bicyclic) bond motifs is 4. The molecule has 0 bridgehead atoms. The summed E-state index contributed by atoms with van der Waals surface area (Å²) < 4.78 is 2.37. The molecule has 2 aromatic heterocycles. The van der Waals surface area contributed by atoms with E-state index in [1.165, 1.54) is 48.6 Å². The van der Waals surface area contributed by atoms with Gasteiger partial charge in [0.2, 0.25) is 0 Å². The van der Waals surface area contributed by atoms with Gasteiger partial charge in [0.1, 0.15) is 0 Å². The number of para-hydroxylation sites is 2. The molecular formula is C39H25N3. The summed E-state index contributed by atoms with van der Waals surface area (Å²) in [4.78, 5) is 6.85. The number of nitrogens with zero attached hydrogens (tertiary/aromatic N) is 3. The van der Waals surface area contributed by atoms with Crippen molar-refractivity contribution in [2.45, 2.75) is 0 Å². The van der Waals surface area contributed by atoms with Crippen molar-refractivity contribution in [3.63, 3.8) is 0 Å². The second-order valence-electron chi connectivity index (χ2n) is 10.9. The zero-order valence-corrected chi connectivity index (χ0v) is 22.8. The van der Waals surface area contributed by atoms with Crippen molar-refractivity contribution in [1.82, 2.24) is 9.55 Å². The minimum absolute atomic E-state index is 1.11. The van der Waals surface area contributed by atoms with Gasteiger partial charge in [-0.25, -0.2) is 0 Å². The highest BCUT2D eigenvalue weighted by atomic mass is 15.1. The minimum Gasteiger partial charge on any atom is -0.311 e. The number of hydrogen-bond donors (Lipinski definition) is 0. The highest BCUT2D eigenvalue weighted by Crippen LogP contribution is 2.43. The molecule has 0 aliphatic rings. The molecule has 0 N–H and O–H groups in total. The fourth-order valence-corrected chi connectivity index (χ4v) is 6.79. The monoisotopic (exact) mass is 535 g/mol. The molecule has 2 heterocycles. The molecule has 0 atom stereocenters.